The summed E-state index contributed by atoms with van der Waals surface area (Å²) >= 11 is 0. The molecule has 0 aromatic heterocycles. The number of benzene rings is 3. The second kappa shape index (κ2) is 10.9. The molecule has 2 heteroatoms. The fourth-order valence-corrected chi connectivity index (χ4v) is 3.64. The van der Waals surface area contributed by atoms with Crippen molar-refractivity contribution in [1.29, 1.82) is 0 Å². The molecule has 0 fully saturated rings. The molecule has 0 radical (unpaired) electrons. The number of ether oxygens (including phenoxy) is 2. The molecule has 2 nitrogen and oxygen atoms in total. The van der Waals surface area contributed by atoms with Crippen molar-refractivity contribution in [2.45, 2.75) is 65.2 Å². The quantitative estimate of drug-likeness (QED) is 0.235. The highest BCUT2D eigenvalue weighted by molar-refractivity contribution is 6.01. The first-order chi connectivity index (χ1) is 13.8. The van der Waals surface area contributed by atoms with Gasteiger partial charge in [0.05, 0.1) is 13.2 Å². The maximum Gasteiger partial charge on any atom is 0.168 e. The van der Waals surface area contributed by atoms with Crippen LogP contribution in [0.2, 0.25) is 0 Å². The van der Waals surface area contributed by atoms with Gasteiger partial charge in [-0.05, 0) is 47.2 Å². The Hall–Kier alpha value is -2.22. The molecule has 0 unspecified atom stereocenters. The van der Waals surface area contributed by atoms with Crippen molar-refractivity contribution in [1.82, 2.24) is 0 Å². The smallest absolute Gasteiger partial charge is 0.168 e. The summed E-state index contributed by atoms with van der Waals surface area (Å²) in [6.45, 7) is 5.98. The molecule has 0 heterocycles. The first kappa shape index (κ1) is 20.5. The molecule has 0 saturated heterocycles. The lowest BCUT2D eigenvalue weighted by Crippen LogP contribution is -2.03. The van der Waals surface area contributed by atoms with Gasteiger partial charge in [-0.15, -0.1) is 0 Å². The summed E-state index contributed by atoms with van der Waals surface area (Å²) in [5, 5.41) is 4.86. The van der Waals surface area contributed by atoms with Crippen LogP contribution in [0, 0.1) is 0 Å². The molecule has 0 aliphatic heterocycles. The van der Waals surface area contributed by atoms with Crippen molar-refractivity contribution in [3.05, 3.63) is 48.5 Å². The van der Waals surface area contributed by atoms with Crippen LogP contribution in [0.3, 0.4) is 0 Å². The summed E-state index contributed by atoms with van der Waals surface area (Å²) in [5.41, 5.74) is 0. The largest absolute Gasteiger partial charge is 0.490 e. The number of hydrogen-bond acceptors (Lipinski definition) is 2. The first-order valence-corrected chi connectivity index (χ1v) is 11.0. The minimum absolute atomic E-state index is 0.748. The van der Waals surface area contributed by atoms with E-state index >= 15 is 0 Å². The lowest BCUT2D eigenvalue weighted by molar-refractivity contribution is 0.261. The SMILES string of the molecule is CCCCCCOc1ccc2cc3ccccc3cc2c1OCCCCCC. The van der Waals surface area contributed by atoms with Crippen LogP contribution in [-0.2, 0) is 0 Å². The Kier molecular flexibility index (Phi) is 8.02. The van der Waals surface area contributed by atoms with Gasteiger partial charge in [0, 0.05) is 5.39 Å². The normalized spacial score (nSPS) is 11.2. The van der Waals surface area contributed by atoms with E-state index in [-0.39, 0.29) is 0 Å². The highest BCUT2D eigenvalue weighted by Gasteiger charge is 2.12. The second-order valence-electron chi connectivity index (χ2n) is 7.63. The Morgan fingerprint density at radius 2 is 1.25 bits per heavy atom. The van der Waals surface area contributed by atoms with Gasteiger partial charge in [0.1, 0.15) is 0 Å². The second-order valence-corrected chi connectivity index (χ2v) is 7.63. The highest BCUT2D eigenvalue weighted by Crippen LogP contribution is 2.38. The Morgan fingerprint density at radius 3 is 1.93 bits per heavy atom. The third-order valence-corrected chi connectivity index (χ3v) is 5.30. The molecule has 28 heavy (non-hydrogen) atoms. The molecule has 0 bridgehead atoms. The third kappa shape index (κ3) is 5.41. The van der Waals surface area contributed by atoms with Crippen LogP contribution in [-0.4, -0.2) is 13.2 Å². The summed E-state index contributed by atoms with van der Waals surface area (Å²) in [6, 6.07) is 17.2. The molecule has 0 N–H and O–H groups in total. The van der Waals surface area contributed by atoms with E-state index in [9.17, 15) is 0 Å². The van der Waals surface area contributed by atoms with E-state index in [0.29, 0.717) is 0 Å². The highest BCUT2D eigenvalue weighted by atomic mass is 16.5. The summed E-state index contributed by atoms with van der Waals surface area (Å²) in [4.78, 5) is 0. The van der Waals surface area contributed by atoms with Crippen LogP contribution in [0.1, 0.15) is 65.2 Å². The predicted octanol–water partition coefficient (Wildman–Crippen LogP) is 7.91. The molecule has 0 atom stereocenters. The summed E-state index contributed by atoms with van der Waals surface area (Å²) in [7, 11) is 0. The molecular weight excluding hydrogens is 344 g/mol. The van der Waals surface area contributed by atoms with Crippen LogP contribution < -0.4 is 9.47 Å². The summed E-state index contributed by atoms with van der Waals surface area (Å²) in [6.07, 6.45) is 9.66. The van der Waals surface area contributed by atoms with Gasteiger partial charge in [0.25, 0.3) is 0 Å². The van der Waals surface area contributed by atoms with Gasteiger partial charge in [-0.2, -0.15) is 0 Å². The standard InChI is InChI=1S/C26H34O2/c1-3-5-7-11-17-27-25-16-15-23-19-21-13-9-10-14-22(21)20-24(23)26(25)28-18-12-8-6-4-2/h9-10,13-16,19-20H,3-8,11-12,17-18H2,1-2H3. The van der Waals surface area contributed by atoms with Crippen molar-refractivity contribution in [2.75, 3.05) is 13.2 Å². The summed E-state index contributed by atoms with van der Waals surface area (Å²) < 4.78 is 12.5. The predicted molar refractivity (Wildman–Crippen MR) is 121 cm³/mol. The van der Waals surface area contributed by atoms with E-state index in [2.05, 4.69) is 62.4 Å². The Labute approximate surface area is 169 Å². The summed E-state index contributed by atoms with van der Waals surface area (Å²) in [5.74, 6) is 1.80. The topological polar surface area (TPSA) is 18.5 Å². The Morgan fingerprint density at radius 1 is 0.607 bits per heavy atom. The maximum absolute atomic E-state index is 6.30. The van der Waals surface area contributed by atoms with Crippen LogP contribution >= 0.6 is 0 Å². The van der Waals surface area contributed by atoms with Gasteiger partial charge in [-0.3, -0.25) is 0 Å². The molecule has 0 amide bonds. The average molecular weight is 379 g/mol. The van der Waals surface area contributed by atoms with Gasteiger partial charge in [0.15, 0.2) is 11.5 Å². The van der Waals surface area contributed by atoms with Crippen molar-refractivity contribution in [2.24, 2.45) is 0 Å². The number of fused-ring (bicyclic) bond motifs is 2. The van der Waals surface area contributed by atoms with E-state index in [0.717, 1.165) is 42.9 Å². The molecular formula is C26H34O2. The molecule has 150 valence electrons. The van der Waals surface area contributed by atoms with E-state index < -0.39 is 0 Å². The minimum atomic E-state index is 0.748. The van der Waals surface area contributed by atoms with E-state index in [1.165, 1.54) is 54.7 Å². The van der Waals surface area contributed by atoms with Gasteiger partial charge in [-0.1, -0.05) is 82.7 Å². The van der Waals surface area contributed by atoms with Crippen molar-refractivity contribution < 1.29 is 9.47 Å². The zero-order valence-electron chi connectivity index (χ0n) is 17.5. The van der Waals surface area contributed by atoms with E-state index in [1.54, 1.807) is 0 Å². The minimum Gasteiger partial charge on any atom is -0.490 e. The van der Waals surface area contributed by atoms with Crippen molar-refractivity contribution >= 4 is 21.5 Å². The van der Waals surface area contributed by atoms with Crippen LogP contribution in [0.4, 0.5) is 0 Å². The van der Waals surface area contributed by atoms with Crippen LogP contribution in [0.15, 0.2) is 48.5 Å². The van der Waals surface area contributed by atoms with Crippen molar-refractivity contribution in [3.8, 4) is 11.5 Å². The zero-order chi connectivity index (χ0) is 19.6. The van der Waals surface area contributed by atoms with Gasteiger partial charge >= 0.3 is 0 Å². The molecule has 0 aliphatic rings. The van der Waals surface area contributed by atoms with E-state index in [4.69, 9.17) is 9.47 Å². The lowest BCUT2D eigenvalue weighted by atomic mass is 10.0. The molecule has 3 aromatic carbocycles. The molecule has 3 rings (SSSR count). The Bertz CT molecular complexity index is 869. The van der Waals surface area contributed by atoms with Crippen molar-refractivity contribution in [3.63, 3.8) is 0 Å². The maximum atomic E-state index is 6.30. The zero-order valence-corrected chi connectivity index (χ0v) is 17.5. The van der Waals surface area contributed by atoms with Gasteiger partial charge in [0.2, 0.25) is 0 Å². The fourth-order valence-electron chi connectivity index (χ4n) is 3.64. The van der Waals surface area contributed by atoms with Gasteiger partial charge < -0.3 is 9.47 Å². The third-order valence-electron chi connectivity index (χ3n) is 5.30. The van der Waals surface area contributed by atoms with Crippen LogP contribution in [0.25, 0.3) is 21.5 Å². The van der Waals surface area contributed by atoms with E-state index in [1.807, 2.05) is 0 Å². The fraction of sp³-hybridized carbons (Fsp3) is 0.462. The monoisotopic (exact) mass is 378 g/mol. The number of hydrogen-bond donors (Lipinski definition) is 0. The number of unbranched alkanes of at least 4 members (excludes halogenated alkanes) is 6. The Balaban J connectivity index is 1.84. The van der Waals surface area contributed by atoms with Crippen LogP contribution in [0.5, 0.6) is 11.5 Å². The number of rotatable bonds is 12. The molecule has 3 aromatic rings. The first-order valence-electron chi connectivity index (χ1n) is 11.0. The average Bonchev–Trinajstić information content (AvgIpc) is 2.73. The molecule has 0 spiro atoms. The molecule has 0 aliphatic carbocycles. The molecule has 0 saturated carbocycles. The lowest BCUT2D eigenvalue weighted by Gasteiger charge is -2.16. The van der Waals surface area contributed by atoms with Gasteiger partial charge in [-0.25, -0.2) is 0 Å².